The molecule has 3 aromatic rings. The summed E-state index contributed by atoms with van der Waals surface area (Å²) in [6.45, 7) is 3.12. The van der Waals surface area contributed by atoms with E-state index in [4.69, 9.17) is 10.2 Å². The summed E-state index contributed by atoms with van der Waals surface area (Å²) in [7, 11) is 0. The third kappa shape index (κ3) is 1.71. The van der Waals surface area contributed by atoms with E-state index < -0.39 is 11.2 Å². The maximum atomic E-state index is 11.2. The van der Waals surface area contributed by atoms with Crippen LogP contribution in [0.3, 0.4) is 0 Å². The number of rotatable bonds is 1. The molecule has 4 nitrogen and oxygen atoms in total. The third-order valence-corrected chi connectivity index (χ3v) is 2.74. The Labute approximate surface area is 104 Å². The molecule has 92 valence electrons. The molecular formula is C14H12O4. The average molecular weight is 245 g/mol. The molecule has 3 rings (SSSR count). The van der Waals surface area contributed by atoms with Crippen LogP contribution in [0.4, 0.5) is 0 Å². The molecule has 0 saturated carbocycles. The number of benzene rings is 1. The summed E-state index contributed by atoms with van der Waals surface area (Å²) < 4.78 is 18.6. The molecule has 1 aromatic carbocycles. The lowest BCUT2D eigenvalue weighted by Crippen LogP contribution is -2.13. The molecule has 0 radical (unpaired) electrons. The monoisotopic (exact) mass is 245 g/mol. The summed E-state index contributed by atoms with van der Waals surface area (Å²) in [4.78, 5) is 11.2. The van der Waals surface area contributed by atoms with Crippen LogP contribution >= 0.6 is 0 Å². The van der Waals surface area contributed by atoms with E-state index in [2.05, 4.69) is 0 Å². The highest BCUT2D eigenvalue weighted by atomic mass is 16.4. The fourth-order valence-electron chi connectivity index (χ4n) is 1.81. The lowest BCUT2D eigenvalue weighted by Gasteiger charge is -2.12. The van der Waals surface area contributed by atoms with E-state index in [1.54, 1.807) is 32.0 Å². The van der Waals surface area contributed by atoms with Crippen molar-refractivity contribution < 1.29 is 15.3 Å². The normalized spacial score (nSPS) is 13.2. The largest absolute Gasteiger partial charge is 0.458 e. The minimum Gasteiger partial charge on any atom is -0.458 e. The van der Waals surface area contributed by atoms with E-state index in [9.17, 15) is 9.90 Å². The van der Waals surface area contributed by atoms with Crippen molar-refractivity contribution in [2.75, 3.05) is 0 Å². The molecule has 18 heavy (non-hydrogen) atoms. The molecular weight excluding hydrogens is 232 g/mol. The van der Waals surface area contributed by atoms with Crippen LogP contribution in [-0.2, 0) is 5.60 Å². The van der Waals surface area contributed by atoms with Gasteiger partial charge in [0.05, 0.1) is 1.37 Å². The predicted octanol–water partition coefficient (Wildman–Crippen LogP) is 2.77. The third-order valence-electron chi connectivity index (χ3n) is 2.74. The van der Waals surface area contributed by atoms with Gasteiger partial charge in [0.2, 0.25) is 0 Å². The SMILES string of the molecule is [2H]c1c(C(C)(C)O)oc2cc3oc(=O)ccc3cc12. The molecule has 0 bridgehead atoms. The Morgan fingerprint density at radius 3 is 2.61 bits per heavy atom. The summed E-state index contributed by atoms with van der Waals surface area (Å²) in [5.41, 5.74) is -0.851. The van der Waals surface area contributed by atoms with Gasteiger partial charge in [0.25, 0.3) is 0 Å². The second kappa shape index (κ2) is 3.46. The van der Waals surface area contributed by atoms with Gasteiger partial charge in [0.15, 0.2) is 0 Å². The standard InChI is InChI=1S/C14H12O4/c1-14(2,16)12-6-9-5-8-3-4-13(15)18-10(8)7-11(9)17-12/h3-7,16H,1-2H3/i6D. The predicted molar refractivity (Wildman–Crippen MR) is 67.5 cm³/mol. The maximum absolute atomic E-state index is 11.2. The van der Waals surface area contributed by atoms with E-state index in [0.717, 1.165) is 0 Å². The lowest BCUT2D eigenvalue weighted by molar-refractivity contribution is 0.0559. The molecule has 2 aromatic heterocycles. The van der Waals surface area contributed by atoms with E-state index in [1.165, 1.54) is 6.07 Å². The maximum Gasteiger partial charge on any atom is 0.336 e. The first kappa shape index (κ1) is 9.91. The highest BCUT2D eigenvalue weighted by molar-refractivity contribution is 5.93. The summed E-state index contributed by atoms with van der Waals surface area (Å²) in [6, 6.07) is 6.40. The van der Waals surface area contributed by atoms with Gasteiger partial charge < -0.3 is 13.9 Å². The lowest BCUT2D eigenvalue weighted by atomic mass is 10.1. The van der Waals surface area contributed by atoms with Crippen molar-refractivity contribution in [1.82, 2.24) is 0 Å². The van der Waals surface area contributed by atoms with Crippen LogP contribution in [0.1, 0.15) is 21.0 Å². The van der Waals surface area contributed by atoms with Crippen LogP contribution in [-0.4, -0.2) is 5.11 Å². The van der Waals surface area contributed by atoms with Crippen LogP contribution in [0.5, 0.6) is 0 Å². The van der Waals surface area contributed by atoms with Crippen molar-refractivity contribution in [2.24, 2.45) is 0 Å². The van der Waals surface area contributed by atoms with Gasteiger partial charge in [-0.05, 0) is 32.0 Å². The molecule has 4 heteroatoms. The molecule has 0 aliphatic carbocycles. The first-order chi connectivity index (χ1) is 8.86. The molecule has 0 saturated heterocycles. The van der Waals surface area contributed by atoms with Gasteiger partial charge in [-0.15, -0.1) is 0 Å². The smallest absolute Gasteiger partial charge is 0.336 e. The molecule has 0 aliphatic heterocycles. The number of hydrogen-bond donors (Lipinski definition) is 1. The van der Waals surface area contributed by atoms with Crippen molar-refractivity contribution in [1.29, 1.82) is 0 Å². The van der Waals surface area contributed by atoms with Gasteiger partial charge in [-0.3, -0.25) is 0 Å². The minimum absolute atomic E-state index is 0.149. The van der Waals surface area contributed by atoms with Crippen molar-refractivity contribution in [3.8, 4) is 0 Å². The second-order valence-corrected chi connectivity index (χ2v) is 4.76. The Hall–Kier alpha value is -2.07. The molecule has 0 atom stereocenters. The van der Waals surface area contributed by atoms with Gasteiger partial charge in [0, 0.05) is 22.9 Å². The highest BCUT2D eigenvalue weighted by Gasteiger charge is 2.21. The Kier molecular flexibility index (Phi) is 1.91. The molecule has 1 N–H and O–H groups in total. The van der Waals surface area contributed by atoms with E-state index in [-0.39, 0.29) is 11.8 Å². The first-order valence-corrected chi connectivity index (χ1v) is 5.56. The van der Waals surface area contributed by atoms with Crippen molar-refractivity contribution >= 4 is 21.9 Å². The molecule has 0 aliphatic rings. The zero-order valence-corrected chi connectivity index (χ0v) is 9.98. The molecule has 0 amide bonds. The minimum atomic E-state index is -1.23. The summed E-state index contributed by atoms with van der Waals surface area (Å²) in [6.07, 6.45) is 0. The number of hydrogen-bond acceptors (Lipinski definition) is 4. The van der Waals surface area contributed by atoms with E-state index in [0.29, 0.717) is 21.9 Å². The van der Waals surface area contributed by atoms with E-state index in [1.807, 2.05) is 0 Å². The zero-order chi connectivity index (χ0) is 13.8. The zero-order valence-electron chi connectivity index (χ0n) is 11.0. The summed E-state index contributed by atoms with van der Waals surface area (Å²) in [5, 5.41) is 11.3. The van der Waals surface area contributed by atoms with Crippen molar-refractivity contribution in [3.63, 3.8) is 0 Å². The fraction of sp³-hybridized carbons (Fsp3) is 0.214. The van der Waals surface area contributed by atoms with Gasteiger partial charge in [-0.25, -0.2) is 4.79 Å². The highest BCUT2D eigenvalue weighted by Crippen LogP contribution is 2.30. The van der Waals surface area contributed by atoms with Gasteiger partial charge in [-0.2, -0.15) is 0 Å². The number of aliphatic hydroxyl groups is 1. The Morgan fingerprint density at radius 1 is 1.17 bits per heavy atom. The number of fused-ring (bicyclic) bond motifs is 2. The number of furan rings is 1. The fourth-order valence-corrected chi connectivity index (χ4v) is 1.81. The van der Waals surface area contributed by atoms with Crippen LogP contribution in [0.15, 0.2) is 43.9 Å². The molecule has 0 unspecified atom stereocenters. The quantitative estimate of drug-likeness (QED) is 0.669. The van der Waals surface area contributed by atoms with Gasteiger partial charge >= 0.3 is 5.63 Å². The Balaban J connectivity index is 2.41. The molecule has 2 heterocycles. The first-order valence-electron chi connectivity index (χ1n) is 6.06. The van der Waals surface area contributed by atoms with Crippen LogP contribution < -0.4 is 5.63 Å². The van der Waals surface area contributed by atoms with Crippen molar-refractivity contribution in [3.05, 3.63) is 46.5 Å². The molecule has 0 spiro atoms. The second-order valence-electron chi connectivity index (χ2n) is 4.76. The Morgan fingerprint density at radius 2 is 1.89 bits per heavy atom. The summed E-state index contributed by atoms with van der Waals surface area (Å²) >= 11 is 0. The van der Waals surface area contributed by atoms with Gasteiger partial charge in [-0.1, -0.05) is 0 Å². The van der Waals surface area contributed by atoms with Crippen LogP contribution in [0, 0.1) is 0 Å². The topological polar surface area (TPSA) is 63.6 Å². The summed E-state index contributed by atoms with van der Waals surface area (Å²) in [5.74, 6) is 0.195. The van der Waals surface area contributed by atoms with Crippen molar-refractivity contribution in [2.45, 2.75) is 19.4 Å². The average Bonchev–Trinajstić information content (AvgIpc) is 2.63. The van der Waals surface area contributed by atoms with E-state index >= 15 is 0 Å². The van der Waals surface area contributed by atoms with Crippen LogP contribution in [0.25, 0.3) is 21.9 Å². The van der Waals surface area contributed by atoms with Crippen LogP contribution in [0.2, 0.25) is 0 Å². The Bertz CT molecular complexity index is 836. The molecule has 0 fully saturated rings. The van der Waals surface area contributed by atoms with Gasteiger partial charge in [0.1, 0.15) is 22.5 Å².